The maximum Gasteiger partial charge on any atom is 0.326 e. The quantitative estimate of drug-likeness (QED) is 0.788. The Balaban J connectivity index is 2.01. The molecule has 3 nitrogen and oxygen atoms in total. The molecule has 1 N–H and O–H groups in total. The summed E-state index contributed by atoms with van der Waals surface area (Å²) in [6.07, 6.45) is 8.11. The molecule has 0 amide bonds. The molecule has 0 aromatic heterocycles. The van der Waals surface area contributed by atoms with Crippen molar-refractivity contribution in [2.24, 2.45) is 0 Å². The molecule has 0 aromatic rings. The van der Waals surface area contributed by atoms with Crippen molar-refractivity contribution >= 4 is 17.7 Å². The minimum absolute atomic E-state index is 0.0524. The van der Waals surface area contributed by atoms with Gasteiger partial charge in [0.25, 0.3) is 0 Å². The highest BCUT2D eigenvalue weighted by Crippen LogP contribution is 2.35. The summed E-state index contributed by atoms with van der Waals surface area (Å²) in [5.41, 5.74) is -0.387. The van der Waals surface area contributed by atoms with E-state index in [-0.39, 0.29) is 11.5 Å². The Labute approximate surface area is 108 Å². The summed E-state index contributed by atoms with van der Waals surface area (Å²) in [4.78, 5) is 12.1. The molecule has 2 heterocycles. The standard InChI is InChI=1S/C13H23NO2S/c1-16-12(15)13(7-3-4-8-14-13)10-11-6-2-5-9-17-11/h11,14H,2-10H2,1H3. The first-order chi connectivity index (χ1) is 8.27. The van der Waals surface area contributed by atoms with Crippen LogP contribution in [0.25, 0.3) is 0 Å². The van der Waals surface area contributed by atoms with E-state index in [2.05, 4.69) is 5.32 Å². The van der Waals surface area contributed by atoms with Gasteiger partial charge in [0.1, 0.15) is 5.54 Å². The van der Waals surface area contributed by atoms with Gasteiger partial charge in [-0.1, -0.05) is 6.42 Å². The van der Waals surface area contributed by atoms with Crippen LogP contribution in [-0.2, 0) is 9.53 Å². The van der Waals surface area contributed by atoms with E-state index in [1.54, 1.807) is 0 Å². The number of methoxy groups -OCH3 is 1. The molecule has 2 rings (SSSR count). The van der Waals surface area contributed by atoms with Gasteiger partial charge in [0.15, 0.2) is 0 Å². The Morgan fingerprint density at radius 3 is 2.88 bits per heavy atom. The first-order valence-electron chi connectivity index (χ1n) is 6.72. The summed E-state index contributed by atoms with van der Waals surface area (Å²) in [5, 5.41) is 4.08. The molecule has 0 bridgehead atoms. The van der Waals surface area contributed by atoms with E-state index in [1.807, 2.05) is 11.8 Å². The molecule has 4 heteroatoms. The van der Waals surface area contributed by atoms with Gasteiger partial charge in [-0.3, -0.25) is 4.79 Å². The van der Waals surface area contributed by atoms with Crippen LogP contribution in [0.3, 0.4) is 0 Å². The van der Waals surface area contributed by atoms with Crippen LogP contribution in [0.1, 0.15) is 44.9 Å². The van der Waals surface area contributed by atoms with Gasteiger partial charge >= 0.3 is 5.97 Å². The second-order valence-corrected chi connectivity index (χ2v) is 6.56. The van der Waals surface area contributed by atoms with Crippen molar-refractivity contribution in [2.45, 2.75) is 55.7 Å². The number of ether oxygens (including phenoxy) is 1. The topological polar surface area (TPSA) is 38.3 Å². The highest BCUT2D eigenvalue weighted by molar-refractivity contribution is 7.99. The molecule has 98 valence electrons. The Morgan fingerprint density at radius 1 is 1.41 bits per heavy atom. The first kappa shape index (κ1) is 13.2. The summed E-state index contributed by atoms with van der Waals surface area (Å²) in [5.74, 6) is 1.20. The molecule has 2 aliphatic heterocycles. The Morgan fingerprint density at radius 2 is 2.29 bits per heavy atom. The number of thioether (sulfide) groups is 1. The third kappa shape index (κ3) is 3.16. The van der Waals surface area contributed by atoms with Gasteiger partial charge in [-0.15, -0.1) is 0 Å². The zero-order valence-electron chi connectivity index (χ0n) is 10.7. The lowest BCUT2D eigenvalue weighted by Gasteiger charge is -2.38. The fraction of sp³-hybridized carbons (Fsp3) is 0.923. The molecule has 2 aliphatic rings. The van der Waals surface area contributed by atoms with Crippen LogP contribution in [0.2, 0.25) is 0 Å². The summed E-state index contributed by atoms with van der Waals surface area (Å²) in [6, 6.07) is 0. The van der Waals surface area contributed by atoms with E-state index in [9.17, 15) is 4.79 Å². The zero-order valence-corrected chi connectivity index (χ0v) is 11.5. The lowest BCUT2D eigenvalue weighted by atomic mass is 9.83. The number of esters is 1. The van der Waals surface area contributed by atoms with Crippen LogP contribution in [0, 0.1) is 0 Å². The lowest BCUT2D eigenvalue weighted by Crippen LogP contribution is -2.56. The molecule has 0 saturated carbocycles. The second kappa shape index (κ2) is 6.10. The fourth-order valence-electron chi connectivity index (χ4n) is 2.95. The van der Waals surface area contributed by atoms with Crippen LogP contribution in [0.5, 0.6) is 0 Å². The SMILES string of the molecule is COC(=O)C1(CC2CCCCS2)CCCCN1. The summed E-state index contributed by atoms with van der Waals surface area (Å²) >= 11 is 2.04. The van der Waals surface area contributed by atoms with Crippen LogP contribution in [0.15, 0.2) is 0 Å². The molecule has 2 atom stereocenters. The van der Waals surface area contributed by atoms with Crippen LogP contribution in [-0.4, -0.2) is 36.2 Å². The van der Waals surface area contributed by atoms with Gasteiger partial charge in [-0.2, -0.15) is 11.8 Å². The number of piperidine rings is 1. The average Bonchev–Trinajstić information content (AvgIpc) is 2.40. The lowest BCUT2D eigenvalue weighted by molar-refractivity contribution is -0.150. The van der Waals surface area contributed by atoms with E-state index in [0.29, 0.717) is 5.25 Å². The number of nitrogens with one attached hydrogen (secondary N) is 1. The molecule has 2 unspecified atom stereocenters. The summed E-state index contributed by atoms with van der Waals surface area (Å²) in [7, 11) is 1.51. The van der Waals surface area contributed by atoms with Gasteiger partial charge in [0, 0.05) is 5.25 Å². The smallest absolute Gasteiger partial charge is 0.326 e. The third-order valence-electron chi connectivity index (χ3n) is 3.92. The second-order valence-electron chi connectivity index (χ2n) is 5.15. The van der Waals surface area contributed by atoms with Crippen LogP contribution < -0.4 is 5.32 Å². The first-order valence-corrected chi connectivity index (χ1v) is 7.77. The van der Waals surface area contributed by atoms with E-state index < -0.39 is 0 Å². The van der Waals surface area contributed by atoms with Gasteiger partial charge < -0.3 is 10.1 Å². The number of hydrogen-bond donors (Lipinski definition) is 1. The molecular formula is C13H23NO2S. The zero-order chi connectivity index (χ0) is 12.1. The highest BCUT2D eigenvalue weighted by atomic mass is 32.2. The van der Waals surface area contributed by atoms with Crippen molar-refractivity contribution in [3.63, 3.8) is 0 Å². The molecule has 2 fully saturated rings. The van der Waals surface area contributed by atoms with Crippen molar-refractivity contribution in [1.82, 2.24) is 5.32 Å². The van der Waals surface area contributed by atoms with Crippen molar-refractivity contribution in [1.29, 1.82) is 0 Å². The third-order valence-corrected chi connectivity index (χ3v) is 5.32. The number of carbonyl (C=O) groups excluding carboxylic acids is 1. The largest absolute Gasteiger partial charge is 0.468 e. The van der Waals surface area contributed by atoms with Gasteiger partial charge in [0.05, 0.1) is 7.11 Å². The van der Waals surface area contributed by atoms with Gasteiger partial charge in [-0.05, 0) is 50.8 Å². The predicted molar refractivity (Wildman–Crippen MR) is 71.3 cm³/mol. The van der Waals surface area contributed by atoms with Crippen molar-refractivity contribution < 1.29 is 9.53 Å². The molecular weight excluding hydrogens is 234 g/mol. The molecule has 17 heavy (non-hydrogen) atoms. The maximum absolute atomic E-state index is 12.1. The summed E-state index contributed by atoms with van der Waals surface area (Å²) in [6.45, 7) is 0.951. The van der Waals surface area contributed by atoms with Crippen molar-refractivity contribution in [3.05, 3.63) is 0 Å². The normalized spacial score (nSPS) is 34.3. The number of rotatable bonds is 3. The van der Waals surface area contributed by atoms with E-state index in [4.69, 9.17) is 4.74 Å². The van der Waals surface area contributed by atoms with Crippen molar-refractivity contribution in [2.75, 3.05) is 19.4 Å². The van der Waals surface area contributed by atoms with Gasteiger partial charge in [0.2, 0.25) is 0 Å². The Hall–Kier alpha value is -0.220. The highest BCUT2D eigenvalue weighted by Gasteiger charge is 2.42. The van der Waals surface area contributed by atoms with E-state index >= 15 is 0 Å². The monoisotopic (exact) mass is 257 g/mol. The Kier molecular flexibility index (Phi) is 4.74. The molecule has 0 aliphatic carbocycles. The molecule has 0 aromatic carbocycles. The van der Waals surface area contributed by atoms with E-state index in [0.717, 1.165) is 25.8 Å². The Bertz CT molecular complexity index is 258. The minimum Gasteiger partial charge on any atom is -0.468 e. The summed E-state index contributed by atoms with van der Waals surface area (Å²) < 4.78 is 5.02. The fourth-order valence-corrected chi connectivity index (χ4v) is 4.39. The van der Waals surface area contributed by atoms with Gasteiger partial charge in [-0.25, -0.2) is 0 Å². The molecule has 0 spiro atoms. The average molecular weight is 257 g/mol. The maximum atomic E-state index is 12.1. The number of carbonyl (C=O) groups is 1. The number of hydrogen-bond acceptors (Lipinski definition) is 4. The molecule has 2 saturated heterocycles. The van der Waals surface area contributed by atoms with Crippen molar-refractivity contribution in [3.8, 4) is 0 Å². The predicted octanol–water partition coefficient (Wildman–Crippen LogP) is 2.35. The van der Waals surface area contributed by atoms with E-state index in [1.165, 1.54) is 38.5 Å². The molecule has 0 radical (unpaired) electrons. The van der Waals surface area contributed by atoms with Crippen LogP contribution in [0.4, 0.5) is 0 Å². The van der Waals surface area contributed by atoms with Crippen LogP contribution >= 0.6 is 11.8 Å². The minimum atomic E-state index is -0.387.